The number of carbonyl (C=O) groups is 2. The van der Waals surface area contributed by atoms with Crippen molar-refractivity contribution in [3.8, 4) is 5.88 Å². The molecule has 3 rings (SSSR count). The maximum Gasteiger partial charge on any atom is 0.254 e. The molecule has 1 saturated heterocycles. The van der Waals surface area contributed by atoms with Gasteiger partial charge in [-0.25, -0.2) is 0 Å². The SMILES string of the molecule is COc1cc(CCC(=O)N2C[C@@H](C(N)=O)[C@H](c3nc(C)no3)C2)on1. The van der Waals surface area contributed by atoms with Gasteiger partial charge in [-0.3, -0.25) is 9.59 Å². The first-order valence-electron chi connectivity index (χ1n) is 7.84. The van der Waals surface area contributed by atoms with Crippen molar-refractivity contribution >= 4 is 11.8 Å². The minimum Gasteiger partial charge on any atom is -0.479 e. The van der Waals surface area contributed by atoms with Crippen molar-refractivity contribution in [2.45, 2.75) is 25.7 Å². The second-order valence-electron chi connectivity index (χ2n) is 5.93. The molecule has 2 N–H and O–H groups in total. The lowest BCUT2D eigenvalue weighted by atomic mass is 9.95. The minimum atomic E-state index is -0.547. The predicted octanol–water partition coefficient (Wildman–Crippen LogP) is 0.0347. The van der Waals surface area contributed by atoms with Gasteiger partial charge >= 0.3 is 0 Å². The summed E-state index contributed by atoms with van der Waals surface area (Å²) in [6, 6.07) is 1.63. The van der Waals surface area contributed by atoms with Gasteiger partial charge in [0, 0.05) is 32.0 Å². The Bertz CT molecular complexity index is 770. The quantitative estimate of drug-likeness (QED) is 0.771. The minimum absolute atomic E-state index is 0.111. The first kappa shape index (κ1) is 16.9. The van der Waals surface area contributed by atoms with Crippen LogP contribution >= 0.6 is 0 Å². The number of carbonyl (C=O) groups excluding carboxylic acids is 2. The zero-order valence-corrected chi connectivity index (χ0v) is 14.0. The number of ether oxygens (including phenoxy) is 1. The van der Waals surface area contributed by atoms with E-state index in [1.807, 2.05) is 0 Å². The fourth-order valence-corrected chi connectivity index (χ4v) is 2.91. The molecule has 0 aliphatic carbocycles. The van der Waals surface area contributed by atoms with Crippen molar-refractivity contribution in [1.82, 2.24) is 20.2 Å². The molecule has 10 nitrogen and oxygen atoms in total. The third-order valence-corrected chi connectivity index (χ3v) is 4.23. The molecule has 0 radical (unpaired) electrons. The maximum absolute atomic E-state index is 12.5. The summed E-state index contributed by atoms with van der Waals surface area (Å²) in [5, 5.41) is 7.43. The Morgan fingerprint density at radius 1 is 1.36 bits per heavy atom. The number of amides is 2. The highest BCUT2D eigenvalue weighted by Gasteiger charge is 2.42. The van der Waals surface area contributed by atoms with Gasteiger partial charge in [0.2, 0.25) is 17.7 Å². The van der Waals surface area contributed by atoms with E-state index >= 15 is 0 Å². The molecule has 0 unspecified atom stereocenters. The van der Waals surface area contributed by atoms with E-state index in [2.05, 4.69) is 15.3 Å². The van der Waals surface area contributed by atoms with E-state index in [-0.39, 0.29) is 24.8 Å². The van der Waals surface area contributed by atoms with Crippen LogP contribution in [-0.2, 0) is 16.0 Å². The van der Waals surface area contributed by atoms with Crippen LogP contribution in [0.3, 0.4) is 0 Å². The van der Waals surface area contributed by atoms with Crippen LogP contribution in [0, 0.1) is 12.8 Å². The Morgan fingerprint density at radius 3 is 2.76 bits per heavy atom. The molecule has 2 amide bonds. The van der Waals surface area contributed by atoms with Crippen LogP contribution in [0.15, 0.2) is 15.1 Å². The molecule has 0 aromatic carbocycles. The van der Waals surface area contributed by atoms with Gasteiger partial charge in [0.05, 0.1) is 18.9 Å². The first-order chi connectivity index (χ1) is 12.0. The largest absolute Gasteiger partial charge is 0.479 e. The third kappa shape index (κ3) is 3.62. The van der Waals surface area contributed by atoms with Crippen molar-refractivity contribution in [2.75, 3.05) is 20.2 Å². The number of likely N-dealkylation sites (tertiary alicyclic amines) is 1. The van der Waals surface area contributed by atoms with Crippen LogP contribution in [0.25, 0.3) is 0 Å². The molecule has 1 aliphatic heterocycles. The van der Waals surface area contributed by atoms with Gasteiger partial charge in [0.25, 0.3) is 5.88 Å². The van der Waals surface area contributed by atoms with E-state index < -0.39 is 11.8 Å². The monoisotopic (exact) mass is 349 g/mol. The summed E-state index contributed by atoms with van der Waals surface area (Å²) in [7, 11) is 1.49. The normalized spacial score (nSPS) is 20.0. The summed E-state index contributed by atoms with van der Waals surface area (Å²) in [6.45, 7) is 2.24. The second kappa shape index (κ2) is 6.91. The van der Waals surface area contributed by atoms with Crippen molar-refractivity contribution in [2.24, 2.45) is 11.7 Å². The number of aryl methyl sites for hydroxylation is 2. The van der Waals surface area contributed by atoms with Crippen LogP contribution in [0.1, 0.15) is 29.8 Å². The molecule has 0 saturated carbocycles. The molecule has 1 aliphatic rings. The van der Waals surface area contributed by atoms with Gasteiger partial charge in [0.1, 0.15) is 5.76 Å². The highest BCUT2D eigenvalue weighted by molar-refractivity contribution is 5.82. The van der Waals surface area contributed by atoms with E-state index in [1.54, 1.807) is 17.9 Å². The van der Waals surface area contributed by atoms with Gasteiger partial charge in [-0.2, -0.15) is 4.98 Å². The predicted molar refractivity (Wildman–Crippen MR) is 82.4 cm³/mol. The van der Waals surface area contributed by atoms with Crippen molar-refractivity contribution in [1.29, 1.82) is 0 Å². The zero-order chi connectivity index (χ0) is 18.0. The molecule has 0 bridgehead atoms. The van der Waals surface area contributed by atoms with E-state index in [4.69, 9.17) is 19.5 Å². The molecular weight excluding hydrogens is 330 g/mol. The number of nitrogens with two attached hydrogens (primary N) is 1. The van der Waals surface area contributed by atoms with Crippen LogP contribution in [0.2, 0.25) is 0 Å². The first-order valence-corrected chi connectivity index (χ1v) is 7.84. The molecule has 0 spiro atoms. The van der Waals surface area contributed by atoms with Crippen LogP contribution in [-0.4, -0.2) is 52.2 Å². The van der Waals surface area contributed by atoms with Crippen LogP contribution in [0.4, 0.5) is 0 Å². The summed E-state index contributed by atoms with van der Waals surface area (Å²) in [5.74, 6) is 0.196. The Hall–Kier alpha value is -2.91. The average Bonchev–Trinajstić information content (AvgIpc) is 3.31. The molecule has 134 valence electrons. The Labute approximate surface area is 143 Å². The molecule has 25 heavy (non-hydrogen) atoms. The fraction of sp³-hybridized carbons (Fsp3) is 0.533. The van der Waals surface area contributed by atoms with Crippen LogP contribution in [0.5, 0.6) is 5.88 Å². The van der Waals surface area contributed by atoms with Crippen molar-refractivity contribution in [3.05, 3.63) is 23.5 Å². The molecule has 2 aromatic heterocycles. The lowest BCUT2D eigenvalue weighted by Gasteiger charge is -2.15. The summed E-state index contributed by atoms with van der Waals surface area (Å²) >= 11 is 0. The number of methoxy groups -OCH3 is 1. The number of hydrogen-bond acceptors (Lipinski definition) is 8. The number of rotatable bonds is 6. The number of primary amides is 1. The molecule has 3 heterocycles. The molecular formula is C15H19N5O5. The van der Waals surface area contributed by atoms with Crippen molar-refractivity contribution in [3.63, 3.8) is 0 Å². The number of nitrogens with zero attached hydrogens (tertiary/aromatic N) is 4. The second-order valence-corrected chi connectivity index (χ2v) is 5.93. The van der Waals surface area contributed by atoms with E-state index in [1.165, 1.54) is 7.11 Å². The molecule has 2 atom stereocenters. The van der Waals surface area contributed by atoms with Gasteiger partial charge < -0.3 is 24.4 Å². The Balaban J connectivity index is 1.64. The lowest BCUT2D eigenvalue weighted by molar-refractivity contribution is -0.130. The van der Waals surface area contributed by atoms with E-state index in [9.17, 15) is 9.59 Å². The highest BCUT2D eigenvalue weighted by Crippen LogP contribution is 2.32. The van der Waals surface area contributed by atoms with Gasteiger partial charge in [-0.15, -0.1) is 0 Å². The molecule has 2 aromatic rings. The summed E-state index contributed by atoms with van der Waals surface area (Å²) in [4.78, 5) is 29.9. The summed E-state index contributed by atoms with van der Waals surface area (Å²) < 4.78 is 15.2. The lowest BCUT2D eigenvalue weighted by Crippen LogP contribution is -2.32. The van der Waals surface area contributed by atoms with Gasteiger partial charge in [-0.05, 0) is 12.1 Å². The standard InChI is InChI=1S/C15H19N5O5/c1-8-17-15(25-18-8)11-7-20(6-10(11)14(16)22)13(21)4-3-9-5-12(23-2)19-24-9/h5,10-11H,3-4,6-7H2,1-2H3,(H2,16,22)/t10-,11-/m1/s1. The van der Waals surface area contributed by atoms with E-state index in [0.29, 0.717) is 36.3 Å². The average molecular weight is 349 g/mol. The highest BCUT2D eigenvalue weighted by atomic mass is 16.5. The summed E-state index contributed by atoms with van der Waals surface area (Å²) in [5.41, 5.74) is 5.47. The molecule has 10 heteroatoms. The van der Waals surface area contributed by atoms with Crippen LogP contribution < -0.4 is 10.5 Å². The molecule has 1 fully saturated rings. The maximum atomic E-state index is 12.5. The van der Waals surface area contributed by atoms with Gasteiger partial charge in [0.15, 0.2) is 5.82 Å². The number of aromatic nitrogens is 3. The van der Waals surface area contributed by atoms with Gasteiger partial charge in [-0.1, -0.05) is 5.16 Å². The van der Waals surface area contributed by atoms with E-state index in [0.717, 1.165) is 0 Å². The topological polar surface area (TPSA) is 138 Å². The van der Waals surface area contributed by atoms with Crippen molar-refractivity contribution < 1.29 is 23.4 Å². The summed E-state index contributed by atoms with van der Waals surface area (Å²) in [6.07, 6.45) is 0.608. The zero-order valence-electron chi connectivity index (χ0n) is 14.0. The fourth-order valence-electron chi connectivity index (χ4n) is 2.91. The Kier molecular flexibility index (Phi) is 4.68. The number of hydrogen-bond donors (Lipinski definition) is 1. The smallest absolute Gasteiger partial charge is 0.254 e. The Morgan fingerprint density at radius 2 is 2.16 bits per heavy atom. The third-order valence-electron chi connectivity index (χ3n) is 4.23.